The Hall–Kier alpha value is -4.33. The Balaban J connectivity index is 1.28. The number of halogens is 3. The van der Waals surface area contributed by atoms with Gasteiger partial charge in [0.05, 0.1) is 27.0 Å². The predicted octanol–water partition coefficient (Wildman–Crippen LogP) is 6.74. The smallest absolute Gasteiger partial charge is 0.372 e. The molecule has 0 unspecified atom stereocenters. The fourth-order valence-corrected chi connectivity index (χ4v) is 6.69. The van der Waals surface area contributed by atoms with Crippen molar-refractivity contribution in [2.75, 3.05) is 55.7 Å². The Labute approximate surface area is 262 Å². The molecule has 4 heterocycles. The lowest BCUT2D eigenvalue weighted by molar-refractivity contribution is -0.138. The number of thiophene rings is 1. The first kappa shape index (κ1) is 30.7. The summed E-state index contributed by atoms with van der Waals surface area (Å²) in [6.45, 7) is 8.32. The van der Waals surface area contributed by atoms with Gasteiger partial charge in [-0.3, -0.25) is 9.69 Å². The lowest BCUT2D eigenvalue weighted by Crippen LogP contribution is -2.45. The van der Waals surface area contributed by atoms with Crippen LogP contribution in [0.5, 0.6) is 0 Å². The summed E-state index contributed by atoms with van der Waals surface area (Å²) in [5.41, 5.74) is 2.23. The van der Waals surface area contributed by atoms with Gasteiger partial charge >= 0.3 is 6.18 Å². The summed E-state index contributed by atoms with van der Waals surface area (Å²) in [7, 11) is 1.76. The average Bonchev–Trinajstić information content (AvgIpc) is 3.48. The van der Waals surface area contributed by atoms with Crippen molar-refractivity contribution in [3.05, 3.63) is 76.6 Å². The molecule has 9 nitrogen and oxygen atoms in total. The highest BCUT2D eigenvalue weighted by Crippen LogP contribution is 2.37. The zero-order chi connectivity index (χ0) is 31.7. The largest absolute Gasteiger partial charge is 0.416 e. The Morgan fingerprint density at radius 1 is 0.978 bits per heavy atom. The van der Waals surface area contributed by atoms with E-state index in [-0.39, 0.29) is 23.7 Å². The number of likely N-dealkylation sites (N-methyl/N-ethyl adjacent to an activating group) is 1. The van der Waals surface area contributed by atoms with E-state index >= 15 is 0 Å². The first-order chi connectivity index (χ1) is 21.7. The van der Waals surface area contributed by atoms with E-state index in [1.165, 1.54) is 17.7 Å². The van der Waals surface area contributed by atoms with Gasteiger partial charge in [-0.25, -0.2) is 15.0 Å². The van der Waals surface area contributed by atoms with E-state index in [0.29, 0.717) is 39.2 Å². The van der Waals surface area contributed by atoms with Crippen LogP contribution in [0.2, 0.25) is 0 Å². The zero-order valence-corrected chi connectivity index (χ0v) is 25.9. The van der Waals surface area contributed by atoms with Gasteiger partial charge < -0.3 is 20.9 Å². The number of aromatic nitrogens is 3. The minimum absolute atomic E-state index is 0.239. The molecular formula is C32H33F3N8OS. The van der Waals surface area contributed by atoms with E-state index < -0.39 is 11.7 Å². The van der Waals surface area contributed by atoms with Gasteiger partial charge in [0.2, 0.25) is 0 Å². The number of hydrogen-bond acceptors (Lipinski definition) is 9. The minimum atomic E-state index is -4.51. The third-order valence-electron chi connectivity index (χ3n) is 8.21. The van der Waals surface area contributed by atoms with Crippen LogP contribution in [0.1, 0.15) is 34.0 Å². The number of pyridine rings is 1. The molecule has 1 aliphatic rings. The number of rotatable bonds is 8. The average molecular weight is 635 g/mol. The highest BCUT2D eigenvalue weighted by molar-refractivity contribution is 7.18. The highest BCUT2D eigenvalue weighted by Gasteiger charge is 2.34. The number of fused-ring (bicyclic) bond motifs is 2. The molecule has 234 valence electrons. The second-order valence-corrected chi connectivity index (χ2v) is 11.9. The van der Waals surface area contributed by atoms with Crippen molar-refractivity contribution in [3.63, 3.8) is 0 Å². The summed E-state index contributed by atoms with van der Waals surface area (Å²) in [5, 5.41) is 12.2. The van der Waals surface area contributed by atoms with Crippen molar-refractivity contribution >= 4 is 61.2 Å². The molecule has 0 atom stereocenters. The number of aryl methyl sites for hydroxylation is 1. The number of amides is 1. The van der Waals surface area contributed by atoms with Gasteiger partial charge in [0.1, 0.15) is 18.0 Å². The third kappa shape index (κ3) is 6.28. The number of anilines is 4. The third-order valence-corrected chi connectivity index (χ3v) is 9.19. The molecule has 6 rings (SSSR count). The molecule has 0 saturated carbocycles. The molecule has 0 radical (unpaired) electrons. The standard InChI is InChI=1S/C32H33F3N8OS/c1-4-42-11-13-43(14-12-42)16-20-6-7-21(15-25(20)32(33,34)35)40-29-23-8-5-19(2)26(22(23)9-10-37-29)41-31(44)24-17-45-28-27(24)38-18-39-30(28)36-3/h5-10,15,17-18H,4,11-14,16H2,1-3H3,(H,37,40)(H,41,44)(H,36,38,39). The van der Waals surface area contributed by atoms with E-state index in [9.17, 15) is 18.0 Å². The van der Waals surface area contributed by atoms with Crippen LogP contribution in [0.3, 0.4) is 0 Å². The van der Waals surface area contributed by atoms with Crippen LogP contribution in [0.15, 0.2) is 54.3 Å². The second kappa shape index (κ2) is 12.6. The van der Waals surface area contributed by atoms with Crippen LogP contribution < -0.4 is 16.0 Å². The summed E-state index contributed by atoms with van der Waals surface area (Å²) in [6, 6.07) is 9.83. The van der Waals surface area contributed by atoms with Crippen molar-refractivity contribution in [1.82, 2.24) is 24.8 Å². The monoisotopic (exact) mass is 634 g/mol. The number of nitrogens with zero attached hydrogens (tertiary/aromatic N) is 5. The normalized spacial score (nSPS) is 14.6. The van der Waals surface area contributed by atoms with Gasteiger partial charge in [-0.05, 0) is 42.8 Å². The van der Waals surface area contributed by atoms with Crippen LogP contribution in [-0.4, -0.2) is 70.4 Å². The van der Waals surface area contributed by atoms with Crippen molar-refractivity contribution in [3.8, 4) is 0 Å². The van der Waals surface area contributed by atoms with Crippen molar-refractivity contribution in [1.29, 1.82) is 0 Å². The molecule has 0 bridgehead atoms. The fourth-order valence-electron chi connectivity index (χ4n) is 5.70. The highest BCUT2D eigenvalue weighted by atomic mass is 32.1. The van der Waals surface area contributed by atoms with Gasteiger partial charge in [0.25, 0.3) is 5.91 Å². The van der Waals surface area contributed by atoms with Crippen molar-refractivity contribution in [2.24, 2.45) is 0 Å². The molecule has 1 amide bonds. The Morgan fingerprint density at radius 2 is 1.76 bits per heavy atom. The van der Waals surface area contributed by atoms with Gasteiger partial charge in [0.15, 0.2) is 0 Å². The van der Waals surface area contributed by atoms with Gasteiger partial charge in [-0.1, -0.05) is 25.1 Å². The van der Waals surface area contributed by atoms with E-state index in [1.54, 1.807) is 36.8 Å². The Kier molecular flexibility index (Phi) is 8.58. The number of benzene rings is 2. The van der Waals surface area contributed by atoms with Crippen LogP contribution >= 0.6 is 11.3 Å². The number of carbonyl (C=O) groups is 1. The molecule has 13 heteroatoms. The van der Waals surface area contributed by atoms with Crippen LogP contribution in [0, 0.1) is 6.92 Å². The lowest BCUT2D eigenvalue weighted by Gasteiger charge is -2.34. The van der Waals surface area contributed by atoms with Crippen LogP contribution in [0.25, 0.3) is 21.0 Å². The van der Waals surface area contributed by atoms with E-state index in [2.05, 4.69) is 47.6 Å². The number of alkyl halides is 3. The molecule has 1 saturated heterocycles. The maximum Gasteiger partial charge on any atom is 0.416 e. The zero-order valence-electron chi connectivity index (χ0n) is 25.1. The second-order valence-electron chi connectivity index (χ2n) is 11.0. The Morgan fingerprint density at radius 3 is 2.49 bits per heavy atom. The van der Waals surface area contributed by atoms with Crippen LogP contribution in [0.4, 0.5) is 36.2 Å². The summed E-state index contributed by atoms with van der Waals surface area (Å²) in [5.74, 6) is 0.695. The molecule has 0 aliphatic carbocycles. The fraction of sp³-hybridized carbons (Fsp3) is 0.312. The first-order valence-electron chi connectivity index (χ1n) is 14.7. The maximum atomic E-state index is 14.2. The molecule has 5 aromatic rings. The van der Waals surface area contributed by atoms with Crippen molar-refractivity contribution < 1.29 is 18.0 Å². The number of carbonyl (C=O) groups excluding carboxylic acids is 1. The van der Waals surface area contributed by atoms with Crippen molar-refractivity contribution in [2.45, 2.75) is 26.6 Å². The summed E-state index contributed by atoms with van der Waals surface area (Å²) >= 11 is 1.38. The maximum absolute atomic E-state index is 14.2. The molecule has 1 fully saturated rings. The first-order valence-corrected chi connectivity index (χ1v) is 15.6. The molecule has 1 aliphatic heterocycles. The molecule has 0 spiro atoms. The molecular weight excluding hydrogens is 601 g/mol. The van der Waals surface area contributed by atoms with E-state index in [4.69, 9.17) is 0 Å². The summed E-state index contributed by atoms with van der Waals surface area (Å²) < 4.78 is 43.5. The molecule has 3 aromatic heterocycles. The van der Waals surface area contributed by atoms with E-state index in [0.717, 1.165) is 49.1 Å². The van der Waals surface area contributed by atoms with Gasteiger partial charge in [0, 0.05) is 67.8 Å². The topological polar surface area (TPSA) is 98.3 Å². The predicted molar refractivity (Wildman–Crippen MR) is 174 cm³/mol. The quantitative estimate of drug-likeness (QED) is 0.173. The number of piperazine rings is 1. The molecule has 45 heavy (non-hydrogen) atoms. The van der Waals surface area contributed by atoms with Gasteiger partial charge in [-0.15, -0.1) is 11.3 Å². The summed E-state index contributed by atoms with van der Waals surface area (Å²) in [6.07, 6.45) is -1.53. The minimum Gasteiger partial charge on any atom is -0.372 e. The molecule has 3 N–H and O–H groups in total. The van der Waals surface area contributed by atoms with Gasteiger partial charge in [-0.2, -0.15) is 13.2 Å². The molecule has 2 aromatic carbocycles. The van der Waals surface area contributed by atoms with E-state index in [1.807, 2.05) is 19.1 Å². The Bertz CT molecular complexity index is 1870. The number of nitrogens with one attached hydrogen (secondary N) is 3. The SMILES string of the molecule is CCN1CCN(Cc2ccc(Nc3nccc4c(NC(=O)c5csc6c(NC)ncnc56)c(C)ccc34)cc2C(F)(F)F)CC1. The summed E-state index contributed by atoms with van der Waals surface area (Å²) in [4.78, 5) is 30.8. The van der Waals surface area contributed by atoms with Crippen LogP contribution in [-0.2, 0) is 12.7 Å². The lowest BCUT2D eigenvalue weighted by atomic mass is 10.0. The number of hydrogen-bond donors (Lipinski definition) is 3.